The predicted octanol–water partition coefficient (Wildman–Crippen LogP) is 4.85. The van der Waals surface area contributed by atoms with E-state index in [2.05, 4.69) is 24.4 Å². The van der Waals surface area contributed by atoms with Crippen LogP contribution in [-0.4, -0.2) is 25.3 Å². The molecule has 0 radical (unpaired) electrons. The summed E-state index contributed by atoms with van der Waals surface area (Å²) in [4.78, 5) is 12.2. The topological polar surface area (TPSA) is 59.9 Å². The van der Waals surface area contributed by atoms with Gasteiger partial charge in [0, 0.05) is 0 Å². The van der Waals surface area contributed by atoms with Gasteiger partial charge in [-0.05, 0) is 61.2 Å². The Kier molecular flexibility index (Phi) is 7.67. The highest BCUT2D eigenvalue weighted by molar-refractivity contribution is 6.33. The van der Waals surface area contributed by atoms with Gasteiger partial charge in [-0.25, -0.2) is 5.43 Å². The minimum Gasteiger partial charge on any atom is -0.490 e. The molecule has 0 heterocycles. The van der Waals surface area contributed by atoms with Crippen molar-refractivity contribution in [3.05, 3.63) is 58.1 Å². The van der Waals surface area contributed by atoms with E-state index in [-0.39, 0.29) is 5.91 Å². The first-order valence-corrected chi connectivity index (χ1v) is 9.27. The zero-order chi connectivity index (χ0) is 19.8. The molecule has 2 rings (SSSR count). The quantitative estimate of drug-likeness (QED) is 0.519. The van der Waals surface area contributed by atoms with E-state index in [0.29, 0.717) is 41.2 Å². The molecule has 5 nitrogen and oxygen atoms in total. The van der Waals surface area contributed by atoms with Crippen molar-refractivity contribution in [2.24, 2.45) is 11.0 Å². The minimum atomic E-state index is -0.363. The Morgan fingerprint density at radius 1 is 1.19 bits per heavy atom. The van der Waals surface area contributed by atoms with Gasteiger partial charge < -0.3 is 9.47 Å². The molecule has 6 heteroatoms. The first-order chi connectivity index (χ1) is 12.9. The number of hydrazone groups is 1. The molecular weight excluding hydrogens is 364 g/mol. The van der Waals surface area contributed by atoms with Gasteiger partial charge in [-0.2, -0.15) is 5.10 Å². The molecule has 2 aromatic carbocycles. The fourth-order valence-electron chi connectivity index (χ4n) is 2.28. The number of hydrogen-bond acceptors (Lipinski definition) is 4. The number of carbonyl (C=O) groups is 1. The molecule has 0 fully saturated rings. The molecule has 1 N–H and O–H groups in total. The van der Waals surface area contributed by atoms with Crippen molar-refractivity contribution in [3.8, 4) is 11.5 Å². The van der Waals surface area contributed by atoms with Crippen molar-refractivity contribution < 1.29 is 14.3 Å². The summed E-state index contributed by atoms with van der Waals surface area (Å²) in [6, 6.07) is 10.8. The molecule has 0 saturated carbocycles. The molecule has 0 unspecified atom stereocenters. The summed E-state index contributed by atoms with van der Waals surface area (Å²) in [7, 11) is 0. The van der Waals surface area contributed by atoms with Crippen molar-refractivity contribution >= 4 is 23.7 Å². The normalized spacial score (nSPS) is 11.0. The highest BCUT2D eigenvalue weighted by Crippen LogP contribution is 2.28. The van der Waals surface area contributed by atoms with Gasteiger partial charge in [0.05, 0.1) is 30.0 Å². The lowest BCUT2D eigenvalue weighted by Gasteiger charge is -2.13. The number of hydrogen-bond donors (Lipinski definition) is 1. The molecule has 0 aliphatic rings. The lowest BCUT2D eigenvalue weighted by atomic mass is 10.1. The van der Waals surface area contributed by atoms with Crippen LogP contribution in [0.4, 0.5) is 0 Å². The zero-order valence-electron chi connectivity index (χ0n) is 16.1. The van der Waals surface area contributed by atoms with Gasteiger partial charge in [0.2, 0.25) is 0 Å². The van der Waals surface area contributed by atoms with Crippen molar-refractivity contribution in [1.29, 1.82) is 0 Å². The van der Waals surface area contributed by atoms with E-state index in [4.69, 9.17) is 21.1 Å². The van der Waals surface area contributed by atoms with E-state index in [1.807, 2.05) is 38.1 Å². The lowest BCUT2D eigenvalue weighted by Crippen LogP contribution is -2.18. The van der Waals surface area contributed by atoms with Crippen LogP contribution >= 0.6 is 11.6 Å². The van der Waals surface area contributed by atoms with Crippen LogP contribution in [-0.2, 0) is 0 Å². The van der Waals surface area contributed by atoms with E-state index < -0.39 is 0 Å². The summed E-state index contributed by atoms with van der Waals surface area (Å²) >= 11 is 6.10. The highest BCUT2D eigenvalue weighted by atomic mass is 35.5. The smallest absolute Gasteiger partial charge is 0.272 e. The average molecular weight is 389 g/mol. The van der Waals surface area contributed by atoms with Crippen LogP contribution in [0.3, 0.4) is 0 Å². The molecule has 0 bridgehead atoms. The standard InChI is InChI=1S/C21H25ClN2O3/c1-5-26-20-11-16(7-9-19(20)27-13-14(2)3)12-23-24-21(25)17-8-6-15(4)10-18(17)22/h6-12,14H,5,13H2,1-4H3,(H,24,25)/b23-12-. The van der Waals surface area contributed by atoms with E-state index in [1.54, 1.807) is 18.3 Å². The van der Waals surface area contributed by atoms with Crippen LogP contribution in [0.5, 0.6) is 11.5 Å². The largest absolute Gasteiger partial charge is 0.490 e. The van der Waals surface area contributed by atoms with Crippen LogP contribution < -0.4 is 14.9 Å². The molecule has 0 aromatic heterocycles. The Morgan fingerprint density at radius 2 is 1.96 bits per heavy atom. The Bertz CT molecular complexity index is 819. The second-order valence-electron chi connectivity index (χ2n) is 6.53. The monoisotopic (exact) mass is 388 g/mol. The SMILES string of the molecule is CCOc1cc(/C=N\NC(=O)c2ccc(C)cc2Cl)ccc1OCC(C)C. The fraction of sp³-hybridized carbons (Fsp3) is 0.333. The van der Waals surface area contributed by atoms with Gasteiger partial charge in [-0.1, -0.05) is 31.5 Å². The fourth-order valence-corrected chi connectivity index (χ4v) is 2.60. The molecule has 144 valence electrons. The van der Waals surface area contributed by atoms with Crippen molar-refractivity contribution in [2.75, 3.05) is 13.2 Å². The number of aryl methyl sites for hydroxylation is 1. The summed E-state index contributed by atoms with van der Waals surface area (Å²) in [6.07, 6.45) is 1.55. The van der Waals surface area contributed by atoms with Gasteiger partial charge in [0.25, 0.3) is 5.91 Å². The third-order valence-corrected chi connectivity index (χ3v) is 3.90. The number of carbonyl (C=O) groups excluding carboxylic acids is 1. The second kappa shape index (κ2) is 9.97. The number of nitrogens with one attached hydrogen (secondary N) is 1. The van der Waals surface area contributed by atoms with Gasteiger partial charge >= 0.3 is 0 Å². The molecule has 27 heavy (non-hydrogen) atoms. The maximum atomic E-state index is 12.2. The first-order valence-electron chi connectivity index (χ1n) is 8.90. The maximum Gasteiger partial charge on any atom is 0.272 e. The summed E-state index contributed by atoms with van der Waals surface area (Å²) in [5, 5.41) is 4.40. The lowest BCUT2D eigenvalue weighted by molar-refractivity contribution is 0.0955. The van der Waals surface area contributed by atoms with E-state index >= 15 is 0 Å². The molecule has 0 aliphatic heterocycles. The van der Waals surface area contributed by atoms with Gasteiger partial charge in [0.1, 0.15) is 0 Å². The Morgan fingerprint density at radius 3 is 2.63 bits per heavy atom. The van der Waals surface area contributed by atoms with E-state index in [0.717, 1.165) is 11.1 Å². The van der Waals surface area contributed by atoms with Crippen LogP contribution in [0.25, 0.3) is 0 Å². The third-order valence-electron chi connectivity index (χ3n) is 3.59. The summed E-state index contributed by atoms with van der Waals surface area (Å²) in [5.41, 5.74) is 4.64. The Balaban J connectivity index is 2.07. The molecule has 0 spiro atoms. The molecule has 0 atom stereocenters. The second-order valence-corrected chi connectivity index (χ2v) is 6.93. The number of halogens is 1. The van der Waals surface area contributed by atoms with Crippen molar-refractivity contribution in [2.45, 2.75) is 27.7 Å². The molecule has 2 aromatic rings. The summed E-state index contributed by atoms with van der Waals surface area (Å²) < 4.78 is 11.4. The molecule has 0 aliphatic carbocycles. The van der Waals surface area contributed by atoms with Gasteiger partial charge in [0.15, 0.2) is 11.5 Å². The van der Waals surface area contributed by atoms with Crippen LogP contribution in [0.2, 0.25) is 5.02 Å². The minimum absolute atomic E-state index is 0.363. The van der Waals surface area contributed by atoms with Crippen LogP contribution in [0.15, 0.2) is 41.5 Å². The van der Waals surface area contributed by atoms with Crippen LogP contribution in [0.1, 0.15) is 42.3 Å². The van der Waals surface area contributed by atoms with E-state index in [9.17, 15) is 4.79 Å². The first kappa shape index (κ1) is 20.8. The Hall–Kier alpha value is -2.53. The third kappa shape index (κ3) is 6.29. The number of ether oxygens (including phenoxy) is 2. The van der Waals surface area contributed by atoms with Gasteiger partial charge in [-0.3, -0.25) is 4.79 Å². The molecular formula is C21H25ClN2O3. The number of nitrogens with zero attached hydrogens (tertiary/aromatic N) is 1. The average Bonchev–Trinajstić information content (AvgIpc) is 2.61. The van der Waals surface area contributed by atoms with Crippen LogP contribution in [0, 0.1) is 12.8 Å². The van der Waals surface area contributed by atoms with E-state index in [1.165, 1.54) is 0 Å². The zero-order valence-corrected chi connectivity index (χ0v) is 16.8. The number of rotatable bonds is 8. The Labute approximate surface area is 165 Å². The highest BCUT2D eigenvalue weighted by Gasteiger charge is 2.10. The summed E-state index contributed by atoms with van der Waals surface area (Å²) in [6.45, 7) is 9.14. The van der Waals surface area contributed by atoms with Gasteiger partial charge in [-0.15, -0.1) is 0 Å². The number of benzene rings is 2. The van der Waals surface area contributed by atoms with Crippen molar-refractivity contribution in [3.63, 3.8) is 0 Å². The molecule has 0 saturated heterocycles. The predicted molar refractivity (Wildman–Crippen MR) is 109 cm³/mol. The maximum absolute atomic E-state index is 12.2. The number of amides is 1. The molecule has 1 amide bonds. The summed E-state index contributed by atoms with van der Waals surface area (Å²) in [5.74, 6) is 1.40. The van der Waals surface area contributed by atoms with Crippen molar-refractivity contribution in [1.82, 2.24) is 5.43 Å².